The first kappa shape index (κ1) is 19.1. The Balaban J connectivity index is 1.71. The number of aromatic nitrogens is 1. The molecule has 3 nitrogen and oxygen atoms in total. The molecule has 1 N–H and O–H groups in total. The molecule has 3 rings (SSSR count). The van der Waals surface area contributed by atoms with Crippen molar-refractivity contribution in [2.45, 2.75) is 6.92 Å². The van der Waals surface area contributed by atoms with Crippen LogP contribution >= 0.6 is 50.5 Å². The quantitative estimate of drug-likeness (QED) is 0.426. The van der Waals surface area contributed by atoms with Crippen molar-refractivity contribution in [3.8, 4) is 11.3 Å². The van der Waals surface area contributed by atoms with E-state index in [1.807, 2.05) is 31.2 Å². The van der Waals surface area contributed by atoms with Gasteiger partial charge < -0.3 is 0 Å². The molecule has 0 aliphatic rings. The molecular formula is C19H13BrCl2N2OS. The molecule has 2 aromatic carbocycles. The van der Waals surface area contributed by atoms with E-state index in [4.69, 9.17) is 23.2 Å². The van der Waals surface area contributed by atoms with Gasteiger partial charge in [-0.3, -0.25) is 10.1 Å². The second kappa shape index (κ2) is 8.35. The molecule has 0 saturated carbocycles. The number of thiazole rings is 1. The molecular weight excluding hydrogens is 455 g/mol. The molecule has 1 heterocycles. The number of nitrogens with one attached hydrogen (secondary N) is 1. The number of amides is 1. The molecule has 0 aliphatic carbocycles. The molecule has 0 unspecified atom stereocenters. The molecule has 0 radical (unpaired) electrons. The van der Waals surface area contributed by atoms with E-state index >= 15 is 0 Å². The van der Waals surface area contributed by atoms with Crippen molar-refractivity contribution in [1.82, 2.24) is 4.98 Å². The molecule has 26 heavy (non-hydrogen) atoms. The fourth-order valence-corrected chi connectivity index (χ4v) is 3.67. The van der Waals surface area contributed by atoms with Crippen LogP contribution in [0.3, 0.4) is 0 Å². The molecule has 0 bridgehead atoms. The van der Waals surface area contributed by atoms with E-state index in [0.717, 1.165) is 26.2 Å². The maximum absolute atomic E-state index is 12.1. The summed E-state index contributed by atoms with van der Waals surface area (Å²) in [5.41, 5.74) is 2.67. The van der Waals surface area contributed by atoms with Gasteiger partial charge in [0.05, 0.1) is 15.7 Å². The van der Waals surface area contributed by atoms with Gasteiger partial charge in [0.2, 0.25) is 5.91 Å². The van der Waals surface area contributed by atoms with Crippen LogP contribution in [0.2, 0.25) is 10.0 Å². The fraction of sp³-hybridized carbons (Fsp3) is 0.0526. The molecule has 132 valence electrons. The van der Waals surface area contributed by atoms with E-state index in [0.29, 0.717) is 15.2 Å². The van der Waals surface area contributed by atoms with Crippen LogP contribution < -0.4 is 5.32 Å². The molecule has 0 saturated heterocycles. The van der Waals surface area contributed by atoms with E-state index in [2.05, 4.69) is 26.2 Å². The summed E-state index contributed by atoms with van der Waals surface area (Å²) in [5, 5.41) is 4.28. The number of aryl methyl sites for hydroxylation is 1. The third-order valence-electron chi connectivity index (χ3n) is 3.52. The van der Waals surface area contributed by atoms with Gasteiger partial charge in [0, 0.05) is 21.0 Å². The van der Waals surface area contributed by atoms with Crippen LogP contribution in [-0.4, -0.2) is 10.9 Å². The van der Waals surface area contributed by atoms with Gasteiger partial charge >= 0.3 is 0 Å². The zero-order valence-electron chi connectivity index (χ0n) is 13.6. The molecule has 0 spiro atoms. The Kier molecular flexibility index (Phi) is 6.14. The van der Waals surface area contributed by atoms with E-state index in [-0.39, 0.29) is 5.91 Å². The molecule has 1 aromatic heterocycles. The van der Waals surface area contributed by atoms with Gasteiger partial charge in [-0.25, -0.2) is 4.98 Å². The average molecular weight is 468 g/mol. The highest BCUT2D eigenvalue weighted by Crippen LogP contribution is 2.31. The first-order valence-electron chi connectivity index (χ1n) is 7.60. The smallest absolute Gasteiger partial charge is 0.250 e. The second-order valence-electron chi connectivity index (χ2n) is 5.43. The number of carbonyl (C=O) groups excluding carboxylic acids is 1. The molecule has 0 aliphatic heterocycles. The Morgan fingerprint density at radius 3 is 2.58 bits per heavy atom. The van der Waals surface area contributed by atoms with Gasteiger partial charge in [0.25, 0.3) is 0 Å². The molecule has 0 atom stereocenters. The zero-order valence-corrected chi connectivity index (χ0v) is 17.5. The van der Waals surface area contributed by atoms with Crippen molar-refractivity contribution < 1.29 is 4.79 Å². The average Bonchev–Trinajstić information content (AvgIpc) is 2.97. The maximum atomic E-state index is 12.1. The Labute approximate surface area is 173 Å². The van der Waals surface area contributed by atoms with Crippen molar-refractivity contribution in [3.63, 3.8) is 0 Å². The van der Waals surface area contributed by atoms with Crippen molar-refractivity contribution in [2.24, 2.45) is 0 Å². The lowest BCUT2D eigenvalue weighted by molar-refractivity contribution is -0.111. The van der Waals surface area contributed by atoms with Gasteiger partial charge in [0.15, 0.2) is 5.13 Å². The highest BCUT2D eigenvalue weighted by Gasteiger charge is 2.11. The van der Waals surface area contributed by atoms with E-state index < -0.39 is 0 Å². The SMILES string of the molecule is Cc1sc(NC(=O)/C=C/c2ccc(Cl)c(Cl)c2)nc1-c1ccc(Br)cc1. The van der Waals surface area contributed by atoms with Crippen LogP contribution in [0.1, 0.15) is 10.4 Å². The first-order chi connectivity index (χ1) is 12.4. The van der Waals surface area contributed by atoms with Crippen molar-refractivity contribution >= 4 is 67.6 Å². The van der Waals surface area contributed by atoms with E-state index in [1.54, 1.807) is 24.3 Å². The monoisotopic (exact) mass is 466 g/mol. The van der Waals surface area contributed by atoms with E-state index in [1.165, 1.54) is 17.4 Å². The largest absolute Gasteiger partial charge is 0.298 e. The lowest BCUT2D eigenvalue weighted by atomic mass is 10.1. The van der Waals surface area contributed by atoms with Crippen LogP contribution in [0.15, 0.2) is 53.0 Å². The maximum Gasteiger partial charge on any atom is 0.250 e. The minimum Gasteiger partial charge on any atom is -0.298 e. The van der Waals surface area contributed by atoms with Gasteiger partial charge in [-0.1, -0.05) is 57.3 Å². The van der Waals surface area contributed by atoms with Gasteiger partial charge in [-0.05, 0) is 42.8 Å². The number of carbonyl (C=O) groups is 1. The number of anilines is 1. The predicted octanol–water partition coefficient (Wildman–Crippen LogP) is 6.84. The normalized spacial score (nSPS) is 11.1. The molecule has 0 fully saturated rings. The summed E-state index contributed by atoms with van der Waals surface area (Å²) >= 11 is 16.7. The fourth-order valence-electron chi connectivity index (χ4n) is 2.26. The van der Waals surface area contributed by atoms with Crippen molar-refractivity contribution in [3.05, 3.63) is 73.5 Å². The summed E-state index contributed by atoms with van der Waals surface area (Å²) in [6, 6.07) is 13.1. The first-order valence-corrected chi connectivity index (χ1v) is 9.96. The van der Waals surface area contributed by atoms with Crippen molar-refractivity contribution in [2.75, 3.05) is 5.32 Å². The third kappa shape index (κ3) is 4.74. The summed E-state index contributed by atoms with van der Waals surface area (Å²) in [4.78, 5) is 17.7. The molecule has 7 heteroatoms. The number of rotatable bonds is 4. The lowest BCUT2D eigenvalue weighted by Crippen LogP contribution is -2.07. The van der Waals surface area contributed by atoms with Crippen LogP contribution in [0.5, 0.6) is 0 Å². The Morgan fingerprint density at radius 2 is 1.88 bits per heavy atom. The summed E-state index contributed by atoms with van der Waals surface area (Å²) < 4.78 is 1.01. The third-order valence-corrected chi connectivity index (χ3v) is 5.67. The van der Waals surface area contributed by atoms with Gasteiger partial charge in [-0.15, -0.1) is 11.3 Å². The predicted molar refractivity (Wildman–Crippen MR) is 114 cm³/mol. The molecule has 3 aromatic rings. The highest BCUT2D eigenvalue weighted by molar-refractivity contribution is 9.10. The number of hydrogen-bond donors (Lipinski definition) is 1. The van der Waals surface area contributed by atoms with E-state index in [9.17, 15) is 4.79 Å². The second-order valence-corrected chi connectivity index (χ2v) is 8.36. The summed E-state index contributed by atoms with van der Waals surface area (Å²) in [6.07, 6.45) is 3.11. The topological polar surface area (TPSA) is 42.0 Å². The van der Waals surface area contributed by atoms with Crippen molar-refractivity contribution in [1.29, 1.82) is 0 Å². The molecule has 1 amide bonds. The number of nitrogens with zero attached hydrogens (tertiary/aromatic N) is 1. The minimum atomic E-state index is -0.257. The lowest BCUT2D eigenvalue weighted by Gasteiger charge is -1.99. The number of benzene rings is 2. The summed E-state index contributed by atoms with van der Waals surface area (Å²) in [6.45, 7) is 1.98. The van der Waals surface area contributed by atoms with Crippen LogP contribution in [0.4, 0.5) is 5.13 Å². The Morgan fingerprint density at radius 1 is 1.15 bits per heavy atom. The Hall–Kier alpha value is -1.66. The standard InChI is InChI=1S/C19H13BrCl2N2OS/c1-11-18(13-4-6-14(20)7-5-13)24-19(26-11)23-17(25)9-3-12-2-8-15(21)16(22)10-12/h2-10H,1H3,(H,23,24,25)/b9-3+. The Bertz CT molecular complexity index is 984. The summed E-state index contributed by atoms with van der Waals surface area (Å²) in [7, 11) is 0. The van der Waals surface area contributed by atoms with Gasteiger partial charge in [0.1, 0.15) is 0 Å². The zero-order chi connectivity index (χ0) is 18.7. The number of halogens is 3. The number of hydrogen-bond acceptors (Lipinski definition) is 3. The van der Waals surface area contributed by atoms with Crippen LogP contribution in [0.25, 0.3) is 17.3 Å². The minimum absolute atomic E-state index is 0.257. The summed E-state index contributed by atoms with van der Waals surface area (Å²) in [5.74, 6) is -0.257. The van der Waals surface area contributed by atoms with Crippen LogP contribution in [-0.2, 0) is 4.79 Å². The highest BCUT2D eigenvalue weighted by atomic mass is 79.9. The van der Waals surface area contributed by atoms with Crippen LogP contribution in [0, 0.1) is 6.92 Å². The van der Waals surface area contributed by atoms with Gasteiger partial charge in [-0.2, -0.15) is 0 Å².